The highest BCUT2D eigenvalue weighted by atomic mass is 28.2. The molecular weight excluding hydrogens is 200 g/mol. The lowest BCUT2D eigenvalue weighted by molar-refractivity contribution is 0.629. The second-order valence-electron chi connectivity index (χ2n) is 3.47. The molecule has 1 aliphatic rings. The first-order chi connectivity index (χ1) is 7.45. The average Bonchev–Trinajstić information content (AvgIpc) is 2.33. The van der Waals surface area contributed by atoms with E-state index in [9.17, 15) is 0 Å². The van der Waals surface area contributed by atoms with Crippen molar-refractivity contribution >= 4 is 27.3 Å². The van der Waals surface area contributed by atoms with Crippen molar-refractivity contribution in [1.29, 1.82) is 0 Å². The molecule has 0 saturated heterocycles. The van der Waals surface area contributed by atoms with Crippen LogP contribution in [0.3, 0.4) is 0 Å². The highest BCUT2D eigenvalue weighted by Gasteiger charge is 2.06. The number of benzene rings is 2. The summed E-state index contributed by atoms with van der Waals surface area (Å²) in [5.74, 6) is 0. The predicted octanol–water partition coefficient (Wildman–Crippen LogP) is 2.47. The third kappa shape index (κ3) is 1.74. The van der Waals surface area contributed by atoms with Crippen LogP contribution in [0.2, 0.25) is 0 Å². The summed E-state index contributed by atoms with van der Waals surface area (Å²) in [6.45, 7) is 0. The first kappa shape index (κ1) is 10.1. The van der Waals surface area contributed by atoms with Crippen LogP contribution in [-0.4, -0.2) is 15.3 Å². The zero-order chi connectivity index (χ0) is 10.7. The molecule has 2 aromatic rings. The topological polar surface area (TPSA) is 20.2 Å². The molecule has 0 amide bonds. The average molecular weight is 211 g/mol. The Morgan fingerprint density at radius 3 is 2.53 bits per heavy atom. The van der Waals surface area contributed by atoms with Crippen LogP contribution in [-0.2, 0) is 6.42 Å². The minimum absolute atomic E-state index is 1.08. The van der Waals surface area contributed by atoms with Crippen molar-refractivity contribution < 1.29 is 4.80 Å². The number of rotatable bonds is 0. The quantitative estimate of drug-likeness (QED) is 0.664. The van der Waals surface area contributed by atoms with Crippen LogP contribution < -0.4 is 0 Å². The lowest BCUT2D eigenvalue weighted by Crippen LogP contribution is -1.91. The highest BCUT2D eigenvalue weighted by Crippen LogP contribution is 2.27. The lowest BCUT2D eigenvalue weighted by atomic mass is 9.93. The number of hydrogen-bond donors (Lipinski definition) is 1. The van der Waals surface area contributed by atoms with Gasteiger partial charge >= 0.3 is 0 Å². The number of hydrogen-bond acceptors (Lipinski definition) is 1. The van der Waals surface area contributed by atoms with Gasteiger partial charge in [-0.2, -0.15) is 0 Å². The molecule has 0 heterocycles. The second kappa shape index (κ2) is 4.42. The fraction of sp³-hybridized carbons (Fsp3) is 0.0769. The predicted molar refractivity (Wildman–Crippen MR) is 64.7 cm³/mol. The Morgan fingerprint density at radius 2 is 1.73 bits per heavy atom. The SMILES string of the molecule is C1=Cc2cccc3cccc(c23)C1.O[Si]. The van der Waals surface area contributed by atoms with E-state index in [0.29, 0.717) is 0 Å². The van der Waals surface area contributed by atoms with Gasteiger partial charge in [-0.25, -0.2) is 0 Å². The van der Waals surface area contributed by atoms with Crippen molar-refractivity contribution in [2.24, 2.45) is 0 Å². The van der Waals surface area contributed by atoms with E-state index in [0.717, 1.165) is 6.42 Å². The zero-order valence-corrected chi connectivity index (χ0v) is 9.27. The van der Waals surface area contributed by atoms with Gasteiger partial charge in [0.25, 0.3) is 0 Å². The van der Waals surface area contributed by atoms with Crippen molar-refractivity contribution in [3.05, 3.63) is 53.6 Å². The summed E-state index contributed by atoms with van der Waals surface area (Å²) >= 11 is 0. The van der Waals surface area contributed by atoms with Crippen LogP contribution in [0.15, 0.2) is 42.5 Å². The van der Waals surface area contributed by atoms with Gasteiger partial charge in [0.05, 0.1) is 0 Å². The zero-order valence-electron chi connectivity index (χ0n) is 8.27. The van der Waals surface area contributed by atoms with Gasteiger partial charge < -0.3 is 4.80 Å². The largest absolute Gasteiger partial charge is 0.433 e. The molecule has 15 heavy (non-hydrogen) atoms. The van der Waals surface area contributed by atoms with E-state index < -0.39 is 0 Å². The summed E-state index contributed by atoms with van der Waals surface area (Å²) in [5, 5.41) is 2.80. The first-order valence-corrected chi connectivity index (χ1v) is 5.29. The Balaban J connectivity index is 0.000000404. The molecule has 2 aromatic carbocycles. The van der Waals surface area contributed by atoms with E-state index in [-0.39, 0.29) is 0 Å². The molecule has 0 fully saturated rings. The number of allylic oxidation sites excluding steroid dienone is 1. The maximum Gasteiger partial charge on any atom is 0.240 e. The molecule has 3 radical (unpaired) electrons. The summed E-state index contributed by atoms with van der Waals surface area (Å²) in [6, 6.07) is 13.0. The van der Waals surface area contributed by atoms with E-state index in [1.54, 1.807) is 0 Å². The smallest absolute Gasteiger partial charge is 0.240 e. The Hall–Kier alpha value is -1.38. The summed E-state index contributed by atoms with van der Waals surface area (Å²) in [4.78, 5) is 6.81. The molecule has 0 aromatic heterocycles. The minimum Gasteiger partial charge on any atom is -0.433 e. The molecule has 1 nitrogen and oxygen atoms in total. The molecule has 0 aliphatic heterocycles. The Morgan fingerprint density at radius 1 is 1.00 bits per heavy atom. The van der Waals surface area contributed by atoms with E-state index in [1.807, 2.05) is 10.5 Å². The Bertz CT molecular complexity index is 498. The van der Waals surface area contributed by atoms with E-state index in [2.05, 4.69) is 48.6 Å². The van der Waals surface area contributed by atoms with Gasteiger partial charge in [0.15, 0.2) is 0 Å². The molecule has 0 unspecified atom stereocenters. The van der Waals surface area contributed by atoms with Gasteiger partial charge in [-0.05, 0) is 28.3 Å². The summed E-state index contributed by atoms with van der Waals surface area (Å²) in [5.41, 5.74) is 2.81. The molecule has 1 aliphatic carbocycles. The van der Waals surface area contributed by atoms with Crippen LogP contribution >= 0.6 is 0 Å². The van der Waals surface area contributed by atoms with Crippen molar-refractivity contribution in [3.63, 3.8) is 0 Å². The van der Waals surface area contributed by atoms with Gasteiger partial charge in [-0.3, -0.25) is 0 Å². The molecule has 1 N–H and O–H groups in total. The van der Waals surface area contributed by atoms with Gasteiger partial charge in [0, 0.05) is 0 Å². The second-order valence-corrected chi connectivity index (χ2v) is 3.47. The van der Waals surface area contributed by atoms with E-state index in [1.165, 1.54) is 21.9 Å². The monoisotopic (exact) mass is 211 g/mol. The Kier molecular flexibility index (Phi) is 2.99. The molecular formula is C13H11OSi. The standard InChI is InChI=1S/C13H10.HOSi/c1-4-10-6-2-8-12-9-3-7-11(5-1)13(10)12;1-2/h1-8H,9H2;1H. The highest BCUT2D eigenvalue weighted by molar-refractivity contribution is 5.95. The van der Waals surface area contributed by atoms with Gasteiger partial charge in [-0.15, -0.1) is 0 Å². The molecule has 2 heteroatoms. The molecule has 0 spiro atoms. The summed E-state index contributed by atoms with van der Waals surface area (Å²) in [6.07, 6.45) is 5.53. The van der Waals surface area contributed by atoms with Gasteiger partial charge in [0.2, 0.25) is 10.5 Å². The van der Waals surface area contributed by atoms with Crippen LogP contribution in [0.25, 0.3) is 16.8 Å². The van der Waals surface area contributed by atoms with Crippen LogP contribution in [0, 0.1) is 0 Å². The first-order valence-electron chi connectivity index (χ1n) is 4.85. The molecule has 0 atom stereocenters. The van der Waals surface area contributed by atoms with E-state index >= 15 is 0 Å². The molecule has 0 bridgehead atoms. The van der Waals surface area contributed by atoms with Crippen LogP contribution in [0.5, 0.6) is 0 Å². The molecule has 73 valence electrons. The van der Waals surface area contributed by atoms with Crippen molar-refractivity contribution in [2.45, 2.75) is 6.42 Å². The Labute approximate surface area is 92.6 Å². The maximum absolute atomic E-state index is 6.81. The molecule has 3 rings (SSSR count). The van der Waals surface area contributed by atoms with Crippen molar-refractivity contribution in [3.8, 4) is 0 Å². The van der Waals surface area contributed by atoms with E-state index in [4.69, 9.17) is 4.80 Å². The van der Waals surface area contributed by atoms with Gasteiger partial charge in [-0.1, -0.05) is 48.6 Å². The van der Waals surface area contributed by atoms with Crippen LogP contribution in [0.4, 0.5) is 0 Å². The van der Waals surface area contributed by atoms with Crippen molar-refractivity contribution in [2.75, 3.05) is 0 Å². The minimum atomic E-state index is 1.08. The molecule has 0 saturated carbocycles. The van der Waals surface area contributed by atoms with Crippen molar-refractivity contribution in [1.82, 2.24) is 0 Å². The van der Waals surface area contributed by atoms with Gasteiger partial charge in [0.1, 0.15) is 0 Å². The van der Waals surface area contributed by atoms with Crippen LogP contribution in [0.1, 0.15) is 11.1 Å². The summed E-state index contributed by atoms with van der Waals surface area (Å²) in [7, 11) is 1.97. The summed E-state index contributed by atoms with van der Waals surface area (Å²) < 4.78 is 0. The maximum atomic E-state index is 6.81. The third-order valence-electron chi connectivity index (χ3n) is 2.66. The third-order valence-corrected chi connectivity index (χ3v) is 2.66. The normalized spacial score (nSPS) is 12.1. The fourth-order valence-corrected chi connectivity index (χ4v) is 2.07. The lowest BCUT2D eigenvalue weighted by Gasteiger charge is -2.11. The fourth-order valence-electron chi connectivity index (χ4n) is 2.07.